The first-order valence-electron chi connectivity index (χ1n) is 8.45. The Morgan fingerprint density at radius 1 is 1.04 bits per heavy atom. The topological polar surface area (TPSA) is 63.2 Å². The number of carbonyl (C=O) groups is 1. The number of nitrogens with zero attached hydrogens (tertiary/aromatic N) is 1. The number of pyridine rings is 1. The van der Waals surface area contributed by atoms with Crippen molar-refractivity contribution >= 4 is 23.0 Å². The maximum absolute atomic E-state index is 12.5. The van der Waals surface area contributed by atoms with Gasteiger partial charge in [-0.15, -0.1) is 0 Å². The van der Waals surface area contributed by atoms with Gasteiger partial charge in [0.25, 0.3) is 5.91 Å². The molecular formula is C21H21N3O2. The molecule has 0 aliphatic rings. The van der Waals surface area contributed by atoms with Crippen LogP contribution in [0.5, 0.6) is 5.75 Å². The molecule has 0 saturated carbocycles. The molecule has 2 N–H and O–H groups in total. The predicted molar refractivity (Wildman–Crippen MR) is 104 cm³/mol. The molecule has 1 heterocycles. The lowest BCUT2D eigenvalue weighted by atomic mass is 10.1. The molecule has 0 bridgehead atoms. The highest BCUT2D eigenvalue weighted by Gasteiger charge is 2.10. The Morgan fingerprint density at radius 3 is 2.54 bits per heavy atom. The van der Waals surface area contributed by atoms with Crippen molar-refractivity contribution in [2.45, 2.75) is 13.3 Å². The first-order valence-corrected chi connectivity index (χ1v) is 8.45. The van der Waals surface area contributed by atoms with Gasteiger partial charge < -0.3 is 15.4 Å². The number of ether oxygens (including phenoxy) is 1. The minimum absolute atomic E-state index is 0.244. The van der Waals surface area contributed by atoms with E-state index in [1.54, 1.807) is 31.5 Å². The molecular weight excluding hydrogens is 326 g/mol. The van der Waals surface area contributed by atoms with Crippen LogP contribution >= 0.6 is 0 Å². The second-order valence-electron chi connectivity index (χ2n) is 5.79. The zero-order chi connectivity index (χ0) is 18.4. The van der Waals surface area contributed by atoms with Crippen molar-refractivity contribution in [3.05, 3.63) is 78.1 Å². The van der Waals surface area contributed by atoms with E-state index >= 15 is 0 Å². The van der Waals surface area contributed by atoms with Crippen LogP contribution in [0.25, 0.3) is 0 Å². The third-order valence-electron chi connectivity index (χ3n) is 4.01. The molecule has 0 atom stereocenters. The summed E-state index contributed by atoms with van der Waals surface area (Å²) >= 11 is 0. The summed E-state index contributed by atoms with van der Waals surface area (Å²) in [6.07, 6.45) is 4.23. The summed E-state index contributed by atoms with van der Waals surface area (Å²) in [6.45, 7) is 2.12. The maximum Gasteiger partial charge on any atom is 0.257 e. The van der Waals surface area contributed by atoms with E-state index in [2.05, 4.69) is 34.7 Å². The van der Waals surface area contributed by atoms with Crippen molar-refractivity contribution < 1.29 is 9.53 Å². The van der Waals surface area contributed by atoms with Crippen molar-refractivity contribution in [2.75, 3.05) is 17.7 Å². The molecule has 26 heavy (non-hydrogen) atoms. The molecule has 5 heteroatoms. The van der Waals surface area contributed by atoms with Gasteiger partial charge in [-0.25, -0.2) is 0 Å². The lowest BCUT2D eigenvalue weighted by molar-refractivity contribution is 0.102. The van der Waals surface area contributed by atoms with Crippen molar-refractivity contribution in [3.8, 4) is 5.75 Å². The smallest absolute Gasteiger partial charge is 0.257 e. The van der Waals surface area contributed by atoms with Crippen molar-refractivity contribution in [1.29, 1.82) is 0 Å². The fourth-order valence-corrected chi connectivity index (χ4v) is 2.57. The van der Waals surface area contributed by atoms with Gasteiger partial charge in [0, 0.05) is 11.9 Å². The Kier molecular flexibility index (Phi) is 5.49. The Morgan fingerprint density at radius 2 is 1.81 bits per heavy atom. The lowest BCUT2D eigenvalue weighted by Gasteiger charge is -2.11. The molecule has 5 nitrogen and oxygen atoms in total. The monoisotopic (exact) mass is 347 g/mol. The van der Waals surface area contributed by atoms with Crippen LogP contribution in [0.3, 0.4) is 0 Å². The number of rotatable bonds is 6. The molecule has 3 aromatic rings. The molecule has 132 valence electrons. The maximum atomic E-state index is 12.5. The number of hydrogen-bond donors (Lipinski definition) is 2. The molecule has 0 fully saturated rings. The highest BCUT2D eigenvalue weighted by atomic mass is 16.5. The summed E-state index contributed by atoms with van der Waals surface area (Å²) < 4.78 is 5.26. The number of anilines is 3. The summed E-state index contributed by atoms with van der Waals surface area (Å²) in [5.41, 5.74) is 4.06. The number of para-hydroxylation sites is 2. The molecule has 0 aliphatic carbocycles. The van der Waals surface area contributed by atoms with E-state index in [1.807, 2.05) is 24.3 Å². The van der Waals surface area contributed by atoms with Crippen LogP contribution in [-0.2, 0) is 6.42 Å². The minimum atomic E-state index is -0.244. The molecule has 3 rings (SSSR count). The summed E-state index contributed by atoms with van der Waals surface area (Å²) in [5, 5.41) is 6.12. The third-order valence-corrected chi connectivity index (χ3v) is 4.01. The quantitative estimate of drug-likeness (QED) is 0.681. The molecule has 0 aliphatic heterocycles. The highest BCUT2D eigenvalue weighted by molar-refractivity contribution is 6.05. The lowest BCUT2D eigenvalue weighted by Crippen LogP contribution is -2.13. The number of aromatic nitrogens is 1. The molecule has 0 unspecified atom stereocenters. The minimum Gasteiger partial charge on any atom is -0.495 e. The van der Waals surface area contributed by atoms with Crippen molar-refractivity contribution in [2.24, 2.45) is 0 Å². The van der Waals surface area contributed by atoms with Gasteiger partial charge in [0.05, 0.1) is 30.2 Å². The Hall–Kier alpha value is -3.34. The van der Waals surface area contributed by atoms with Gasteiger partial charge in [0.2, 0.25) is 0 Å². The van der Waals surface area contributed by atoms with Gasteiger partial charge in [0.1, 0.15) is 5.75 Å². The van der Waals surface area contributed by atoms with Crippen LogP contribution in [0.4, 0.5) is 17.1 Å². The van der Waals surface area contributed by atoms with Gasteiger partial charge in [-0.1, -0.05) is 31.2 Å². The summed E-state index contributed by atoms with van der Waals surface area (Å²) in [7, 11) is 1.57. The average molecular weight is 347 g/mol. The van der Waals surface area contributed by atoms with Crippen LogP contribution in [0.15, 0.2) is 67.0 Å². The first-order chi connectivity index (χ1) is 12.7. The first kappa shape index (κ1) is 17.5. The molecule has 0 spiro atoms. The molecule has 2 aromatic carbocycles. The normalized spacial score (nSPS) is 10.2. The number of hydrogen-bond acceptors (Lipinski definition) is 4. The molecule has 1 amide bonds. The largest absolute Gasteiger partial charge is 0.495 e. The van der Waals surface area contributed by atoms with Crippen LogP contribution in [0.2, 0.25) is 0 Å². The van der Waals surface area contributed by atoms with Gasteiger partial charge >= 0.3 is 0 Å². The van der Waals surface area contributed by atoms with E-state index in [9.17, 15) is 4.79 Å². The van der Waals surface area contributed by atoms with Gasteiger partial charge in [0.15, 0.2) is 0 Å². The Labute approximate surface area is 153 Å². The number of benzene rings is 2. The van der Waals surface area contributed by atoms with E-state index in [1.165, 1.54) is 11.8 Å². The number of nitrogens with one attached hydrogen (secondary N) is 2. The fourth-order valence-electron chi connectivity index (χ4n) is 2.57. The fraction of sp³-hybridized carbons (Fsp3) is 0.143. The number of aryl methyl sites for hydroxylation is 1. The summed E-state index contributed by atoms with van der Waals surface area (Å²) in [4.78, 5) is 16.7. The average Bonchev–Trinajstić information content (AvgIpc) is 2.69. The predicted octanol–water partition coefficient (Wildman–Crippen LogP) is 4.65. The van der Waals surface area contributed by atoms with Crippen LogP contribution in [-0.4, -0.2) is 18.0 Å². The second kappa shape index (κ2) is 8.16. The standard InChI is InChI=1S/C21H21N3O2/c1-3-15-8-10-17(11-9-15)23-18-12-16(13-22-14-18)21(25)24-19-6-4-5-7-20(19)26-2/h4-14,23H,3H2,1-2H3,(H,24,25). The van der Waals surface area contributed by atoms with Crippen molar-refractivity contribution in [3.63, 3.8) is 0 Å². The van der Waals surface area contributed by atoms with Gasteiger partial charge in [-0.2, -0.15) is 0 Å². The zero-order valence-corrected chi connectivity index (χ0v) is 14.8. The third kappa shape index (κ3) is 4.19. The summed E-state index contributed by atoms with van der Waals surface area (Å²) in [5.74, 6) is 0.367. The van der Waals surface area contributed by atoms with Gasteiger partial charge in [-0.3, -0.25) is 9.78 Å². The van der Waals surface area contributed by atoms with Crippen LogP contribution in [0.1, 0.15) is 22.8 Å². The van der Waals surface area contributed by atoms with Crippen LogP contribution in [0, 0.1) is 0 Å². The molecule has 0 saturated heterocycles. The van der Waals surface area contributed by atoms with Gasteiger partial charge in [-0.05, 0) is 42.3 Å². The van der Waals surface area contributed by atoms with E-state index in [-0.39, 0.29) is 5.91 Å². The summed E-state index contributed by atoms with van der Waals surface area (Å²) in [6, 6.07) is 17.2. The Bertz CT molecular complexity index is 892. The zero-order valence-electron chi connectivity index (χ0n) is 14.8. The number of methoxy groups -OCH3 is 1. The second-order valence-corrected chi connectivity index (χ2v) is 5.79. The van der Waals surface area contributed by atoms with Crippen molar-refractivity contribution in [1.82, 2.24) is 4.98 Å². The van der Waals surface area contributed by atoms with Crippen LogP contribution < -0.4 is 15.4 Å². The van der Waals surface area contributed by atoms with E-state index < -0.39 is 0 Å². The van der Waals surface area contributed by atoms with E-state index in [0.29, 0.717) is 17.0 Å². The molecule has 1 aromatic heterocycles. The number of carbonyl (C=O) groups excluding carboxylic acids is 1. The van der Waals surface area contributed by atoms with E-state index in [4.69, 9.17) is 4.74 Å². The SMILES string of the molecule is CCc1ccc(Nc2cncc(C(=O)Nc3ccccc3OC)c2)cc1. The molecule has 0 radical (unpaired) electrons. The highest BCUT2D eigenvalue weighted by Crippen LogP contribution is 2.24. The number of amides is 1. The van der Waals surface area contributed by atoms with E-state index in [0.717, 1.165) is 17.8 Å². The Balaban J connectivity index is 1.74.